The van der Waals surface area contributed by atoms with Gasteiger partial charge in [0.1, 0.15) is 6.10 Å². The lowest BCUT2D eigenvalue weighted by molar-refractivity contribution is 0.0156. The average molecular weight is 202 g/mol. The highest BCUT2D eigenvalue weighted by Crippen LogP contribution is 2.13. The number of rotatable bonds is 5. The van der Waals surface area contributed by atoms with E-state index < -0.39 is 0 Å². The fourth-order valence-electron chi connectivity index (χ4n) is 1.46. The van der Waals surface area contributed by atoms with E-state index in [2.05, 4.69) is 0 Å². The third kappa shape index (κ3) is 3.16. The molecule has 0 bridgehead atoms. The molecule has 1 heterocycles. The van der Waals surface area contributed by atoms with Crippen LogP contribution in [-0.2, 0) is 9.47 Å². The van der Waals surface area contributed by atoms with Gasteiger partial charge in [-0.15, -0.1) is 0 Å². The van der Waals surface area contributed by atoms with Crippen LogP contribution in [0.3, 0.4) is 0 Å². The van der Waals surface area contributed by atoms with Crippen molar-refractivity contribution in [3.8, 4) is 0 Å². The Labute approximate surface area is 84.1 Å². The summed E-state index contributed by atoms with van der Waals surface area (Å²) in [6, 6.07) is 0. The maximum Gasteiger partial charge on any atom is 0.410 e. The van der Waals surface area contributed by atoms with Gasteiger partial charge in [0.15, 0.2) is 0 Å². The zero-order valence-corrected chi connectivity index (χ0v) is 8.57. The molecule has 5 nitrogen and oxygen atoms in total. The summed E-state index contributed by atoms with van der Waals surface area (Å²) in [6.45, 7) is 2.46. The van der Waals surface area contributed by atoms with Gasteiger partial charge < -0.3 is 20.1 Å². The second kappa shape index (κ2) is 5.82. The van der Waals surface area contributed by atoms with Crippen molar-refractivity contribution in [3.63, 3.8) is 0 Å². The van der Waals surface area contributed by atoms with Gasteiger partial charge >= 0.3 is 6.09 Å². The van der Waals surface area contributed by atoms with E-state index in [1.165, 1.54) is 0 Å². The molecule has 1 saturated heterocycles. The summed E-state index contributed by atoms with van der Waals surface area (Å²) < 4.78 is 10.1. The topological polar surface area (TPSA) is 64.8 Å². The van der Waals surface area contributed by atoms with E-state index in [9.17, 15) is 4.79 Å². The van der Waals surface area contributed by atoms with Gasteiger partial charge in [-0.2, -0.15) is 0 Å². The summed E-state index contributed by atoms with van der Waals surface area (Å²) in [6.07, 6.45) is 1.38. The van der Waals surface area contributed by atoms with Crippen molar-refractivity contribution in [3.05, 3.63) is 0 Å². The minimum atomic E-state index is -0.244. The standard InChI is InChI=1S/C9H18N2O3/c1-13-7-6-11-5-3-8(2-4-10)14-9(11)12/h8H,2-7,10H2,1H3. The summed E-state index contributed by atoms with van der Waals surface area (Å²) in [5.41, 5.74) is 5.39. The van der Waals surface area contributed by atoms with Crippen LogP contribution in [0.4, 0.5) is 4.79 Å². The number of nitrogens with zero attached hydrogens (tertiary/aromatic N) is 1. The molecule has 0 aromatic carbocycles. The molecule has 82 valence electrons. The Morgan fingerprint density at radius 1 is 1.71 bits per heavy atom. The first-order valence-electron chi connectivity index (χ1n) is 4.92. The summed E-state index contributed by atoms with van der Waals surface area (Å²) in [5.74, 6) is 0. The van der Waals surface area contributed by atoms with Gasteiger partial charge in [-0.25, -0.2) is 4.79 Å². The highest BCUT2D eigenvalue weighted by Gasteiger charge is 2.25. The van der Waals surface area contributed by atoms with Gasteiger partial charge in [0.25, 0.3) is 0 Å². The Bertz CT molecular complexity index is 187. The Kier molecular flexibility index (Phi) is 4.69. The predicted octanol–water partition coefficient (Wildman–Crippen LogP) is 0.193. The third-order valence-corrected chi connectivity index (χ3v) is 2.30. The smallest absolute Gasteiger partial charge is 0.410 e. The molecule has 0 aliphatic carbocycles. The highest BCUT2D eigenvalue weighted by atomic mass is 16.6. The molecular formula is C9H18N2O3. The van der Waals surface area contributed by atoms with Crippen LogP contribution in [0.25, 0.3) is 0 Å². The minimum Gasteiger partial charge on any atom is -0.446 e. The van der Waals surface area contributed by atoms with Crippen molar-refractivity contribution in [1.29, 1.82) is 0 Å². The maximum atomic E-state index is 11.4. The summed E-state index contributed by atoms with van der Waals surface area (Å²) in [4.78, 5) is 13.1. The molecule has 0 aromatic heterocycles. The van der Waals surface area contributed by atoms with E-state index in [0.29, 0.717) is 19.7 Å². The van der Waals surface area contributed by atoms with Gasteiger partial charge in [0.05, 0.1) is 6.61 Å². The molecule has 14 heavy (non-hydrogen) atoms. The maximum absolute atomic E-state index is 11.4. The van der Waals surface area contributed by atoms with Crippen LogP contribution in [0.15, 0.2) is 0 Å². The second-order valence-electron chi connectivity index (χ2n) is 3.35. The lowest BCUT2D eigenvalue weighted by Crippen LogP contribution is -2.43. The Morgan fingerprint density at radius 2 is 2.50 bits per heavy atom. The lowest BCUT2D eigenvalue weighted by Gasteiger charge is -2.31. The fourth-order valence-corrected chi connectivity index (χ4v) is 1.46. The van der Waals surface area contributed by atoms with Crippen LogP contribution in [0.1, 0.15) is 12.8 Å². The largest absolute Gasteiger partial charge is 0.446 e. The van der Waals surface area contributed by atoms with Gasteiger partial charge in [-0.3, -0.25) is 0 Å². The number of cyclic esters (lactones) is 1. The van der Waals surface area contributed by atoms with E-state index >= 15 is 0 Å². The van der Waals surface area contributed by atoms with E-state index in [1.54, 1.807) is 12.0 Å². The van der Waals surface area contributed by atoms with Crippen molar-refractivity contribution >= 4 is 6.09 Å². The van der Waals surface area contributed by atoms with E-state index in [0.717, 1.165) is 19.4 Å². The molecule has 2 N–H and O–H groups in total. The van der Waals surface area contributed by atoms with E-state index in [4.69, 9.17) is 15.2 Å². The van der Waals surface area contributed by atoms with E-state index in [-0.39, 0.29) is 12.2 Å². The zero-order valence-electron chi connectivity index (χ0n) is 8.57. The number of nitrogens with two attached hydrogens (primary N) is 1. The van der Waals surface area contributed by atoms with E-state index in [1.807, 2.05) is 0 Å². The fraction of sp³-hybridized carbons (Fsp3) is 0.889. The third-order valence-electron chi connectivity index (χ3n) is 2.30. The molecule has 1 aliphatic rings. The first-order chi connectivity index (χ1) is 6.77. The summed E-state index contributed by atoms with van der Waals surface area (Å²) in [7, 11) is 1.62. The first kappa shape index (κ1) is 11.3. The van der Waals surface area contributed by atoms with Crippen LogP contribution in [0.5, 0.6) is 0 Å². The molecule has 1 amide bonds. The molecule has 1 aliphatic heterocycles. The van der Waals surface area contributed by atoms with Crippen LogP contribution >= 0.6 is 0 Å². The summed E-state index contributed by atoms with van der Waals surface area (Å²) in [5, 5.41) is 0. The molecule has 1 atom stereocenters. The number of hydrogen-bond donors (Lipinski definition) is 1. The van der Waals surface area contributed by atoms with Gasteiger partial charge in [-0.1, -0.05) is 0 Å². The monoisotopic (exact) mass is 202 g/mol. The zero-order chi connectivity index (χ0) is 10.4. The number of amides is 1. The van der Waals surface area contributed by atoms with Crippen LogP contribution in [-0.4, -0.2) is 50.4 Å². The predicted molar refractivity (Wildman–Crippen MR) is 52.0 cm³/mol. The molecule has 0 radical (unpaired) electrons. The Morgan fingerprint density at radius 3 is 3.07 bits per heavy atom. The quantitative estimate of drug-likeness (QED) is 0.691. The molecular weight excluding hydrogens is 184 g/mol. The Hall–Kier alpha value is -0.810. The second-order valence-corrected chi connectivity index (χ2v) is 3.35. The molecule has 0 spiro atoms. The molecule has 0 saturated carbocycles. The van der Waals surface area contributed by atoms with Crippen molar-refractivity contribution in [2.45, 2.75) is 18.9 Å². The number of carbonyl (C=O) groups is 1. The van der Waals surface area contributed by atoms with Crippen molar-refractivity contribution < 1.29 is 14.3 Å². The normalized spacial score (nSPS) is 22.3. The molecule has 1 fully saturated rings. The molecule has 1 unspecified atom stereocenters. The number of ether oxygens (including phenoxy) is 2. The van der Waals surface area contributed by atoms with Crippen molar-refractivity contribution in [1.82, 2.24) is 4.90 Å². The van der Waals surface area contributed by atoms with Crippen molar-refractivity contribution in [2.24, 2.45) is 5.73 Å². The summed E-state index contributed by atoms with van der Waals surface area (Å²) >= 11 is 0. The number of carbonyl (C=O) groups excluding carboxylic acids is 1. The number of methoxy groups -OCH3 is 1. The SMILES string of the molecule is COCCN1CCC(CCN)OC1=O. The van der Waals surface area contributed by atoms with Crippen LogP contribution < -0.4 is 5.73 Å². The first-order valence-corrected chi connectivity index (χ1v) is 4.92. The Balaban J connectivity index is 2.28. The number of hydrogen-bond acceptors (Lipinski definition) is 4. The van der Waals surface area contributed by atoms with Gasteiger partial charge in [-0.05, 0) is 13.0 Å². The minimum absolute atomic E-state index is 0.00583. The molecule has 5 heteroatoms. The van der Waals surface area contributed by atoms with Gasteiger partial charge in [0, 0.05) is 26.6 Å². The average Bonchev–Trinajstić information content (AvgIpc) is 2.17. The lowest BCUT2D eigenvalue weighted by atomic mass is 10.1. The van der Waals surface area contributed by atoms with Crippen LogP contribution in [0.2, 0.25) is 0 Å². The van der Waals surface area contributed by atoms with Gasteiger partial charge in [0.2, 0.25) is 0 Å². The highest BCUT2D eigenvalue weighted by molar-refractivity contribution is 5.68. The molecule has 0 aromatic rings. The van der Waals surface area contributed by atoms with Crippen molar-refractivity contribution in [2.75, 3.05) is 33.4 Å². The molecule has 1 rings (SSSR count). The van der Waals surface area contributed by atoms with Crippen LogP contribution in [0, 0.1) is 0 Å².